The molecule has 2 aromatic carbocycles. The maximum Gasteiger partial charge on any atom is 0.262 e. The third-order valence-corrected chi connectivity index (χ3v) is 7.80. The van der Waals surface area contributed by atoms with Gasteiger partial charge in [-0.15, -0.1) is 0 Å². The summed E-state index contributed by atoms with van der Waals surface area (Å²) in [6.45, 7) is 3.49. The number of aromatic nitrogens is 1. The van der Waals surface area contributed by atoms with Gasteiger partial charge in [-0.1, -0.05) is 17.7 Å². The van der Waals surface area contributed by atoms with Gasteiger partial charge in [-0.3, -0.25) is 14.7 Å². The molecule has 5 rings (SSSR count). The van der Waals surface area contributed by atoms with E-state index >= 15 is 0 Å². The zero-order chi connectivity index (χ0) is 23.0. The van der Waals surface area contributed by atoms with E-state index in [4.69, 9.17) is 4.74 Å². The molecule has 1 fully saturated rings. The van der Waals surface area contributed by atoms with E-state index in [1.807, 2.05) is 31.2 Å². The summed E-state index contributed by atoms with van der Waals surface area (Å²) < 4.78 is 32.5. The van der Waals surface area contributed by atoms with Crippen LogP contribution in [0.25, 0.3) is 0 Å². The highest BCUT2D eigenvalue weighted by molar-refractivity contribution is 7.89. The maximum absolute atomic E-state index is 13.2. The van der Waals surface area contributed by atoms with E-state index in [0.29, 0.717) is 43.2 Å². The lowest BCUT2D eigenvalue weighted by Gasteiger charge is -2.27. The second-order valence-corrected chi connectivity index (χ2v) is 9.97. The normalized spacial score (nSPS) is 18.9. The van der Waals surface area contributed by atoms with Gasteiger partial charge in [0.25, 0.3) is 5.91 Å². The van der Waals surface area contributed by atoms with E-state index < -0.39 is 16.2 Å². The van der Waals surface area contributed by atoms with E-state index in [0.717, 1.165) is 11.3 Å². The molecule has 9 heteroatoms. The minimum Gasteiger partial charge on any atom is -0.379 e. The number of nitrogens with zero attached hydrogens (tertiary/aromatic N) is 3. The van der Waals surface area contributed by atoms with Crippen LogP contribution in [0, 0.1) is 6.92 Å². The molecule has 1 N–H and O–H groups in total. The summed E-state index contributed by atoms with van der Waals surface area (Å²) in [5.74, 6) is -0.133. The highest BCUT2D eigenvalue weighted by Gasteiger charge is 2.39. The van der Waals surface area contributed by atoms with Gasteiger partial charge >= 0.3 is 0 Å². The minimum atomic E-state index is -3.57. The Hall–Kier alpha value is -3.27. The molecule has 1 saturated heterocycles. The Morgan fingerprint density at radius 2 is 1.70 bits per heavy atom. The number of aryl methyl sites for hydroxylation is 1. The lowest BCUT2D eigenvalue weighted by atomic mass is 10.2. The first-order chi connectivity index (χ1) is 15.9. The average molecular weight is 465 g/mol. The highest BCUT2D eigenvalue weighted by atomic mass is 32.2. The Morgan fingerprint density at radius 3 is 2.39 bits per heavy atom. The van der Waals surface area contributed by atoms with Crippen LogP contribution in [0.5, 0.6) is 0 Å². The van der Waals surface area contributed by atoms with Crippen molar-refractivity contribution in [3.63, 3.8) is 0 Å². The molecule has 1 atom stereocenters. The molecule has 0 radical (unpaired) electrons. The van der Waals surface area contributed by atoms with Gasteiger partial charge in [0, 0.05) is 30.7 Å². The summed E-state index contributed by atoms with van der Waals surface area (Å²) in [5.41, 5.74) is 3.72. The second-order valence-electron chi connectivity index (χ2n) is 8.03. The number of benzene rings is 2. The van der Waals surface area contributed by atoms with Crippen molar-refractivity contribution < 1.29 is 17.9 Å². The smallest absolute Gasteiger partial charge is 0.262 e. The molecule has 3 heterocycles. The summed E-state index contributed by atoms with van der Waals surface area (Å²) in [5, 5.41) is 3.36. The van der Waals surface area contributed by atoms with Gasteiger partial charge in [-0.2, -0.15) is 4.31 Å². The van der Waals surface area contributed by atoms with Gasteiger partial charge in [-0.25, -0.2) is 8.42 Å². The Morgan fingerprint density at radius 1 is 1.00 bits per heavy atom. The van der Waals surface area contributed by atoms with Crippen molar-refractivity contribution in [1.29, 1.82) is 0 Å². The molecule has 8 nitrogen and oxygen atoms in total. The van der Waals surface area contributed by atoms with Crippen LogP contribution in [0.3, 0.4) is 0 Å². The van der Waals surface area contributed by atoms with Crippen LogP contribution < -0.4 is 10.2 Å². The number of hydrogen-bond acceptors (Lipinski definition) is 6. The molecular formula is C24H24N4O4S. The molecular weight excluding hydrogens is 440 g/mol. The van der Waals surface area contributed by atoms with Crippen molar-refractivity contribution in [2.45, 2.75) is 18.0 Å². The fraction of sp³-hybridized carbons (Fsp3) is 0.250. The van der Waals surface area contributed by atoms with Crippen molar-refractivity contribution >= 4 is 27.3 Å². The van der Waals surface area contributed by atoms with E-state index in [2.05, 4.69) is 10.3 Å². The molecule has 0 unspecified atom stereocenters. The van der Waals surface area contributed by atoms with Crippen LogP contribution in [0.15, 0.2) is 71.8 Å². The van der Waals surface area contributed by atoms with Gasteiger partial charge in [-0.05, 0) is 55.5 Å². The number of fused-ring (bicyclic) bond motifs is 1. The third kappa shape index (κ3) is 3.99. The number of carbonyl (C=O) groups excluding carboxylic acids is 1. The number of sulfonamides is 1. The lowest BCUT2D eigenvalue weighted by Crippen LogP contribution is -2.40. The van der Waals surface area contributed by atoms with Crippen molar-refractivity contribution in [3.8, 4) is 0 Å². The van der Waals surface area contributed by atoms with Crippen LogP contribution in [0.4, 0.5) is 11.4 Å². The summed E-state index contributed by atoms with van der Waals surface area (Å²) in [6.07, 6.45) is 1.15. The summed E-state index contributed by atoms with van der Waals surface area (Å²) in [4.78, 5) is 19.6. The second kappa shape index (κ2) is 8.58. The van der Waals surface area contributed by atoms with Crippen LogP contribution >= 0.6 is 0 Å². The van der Waals surface area contributed by atoms with E-state index in [-0.39, 0.29) is 10.8 Å². The molecule has 0 bridgehead atoms. The third-order valence-electron chi connectivity index (χ3n) is 5.88. The first kappa shape index (κ1) is 21.6. The van der Waals surface area contributed by atoms with Gasteiger partial charge in [0.05, 0.1) is 29.4 Å². The Labute approximate surface area is 192 Å². The van der Waals surface area contributed by atoms with Crippen molar-refractivity contribution in [3.05, 3.63) is 83.7 Å². The number of rotatable bonds is 5. The molecule has 2 aliphatic rings. The molecule has 3 aromatic rings. The monoisotopic (exact) mass is 464 g/mol. The largest absolute Gasteiger partial charge is 0.379 e. The number of morpholine rings is 1. The number of carbonyl (C=O) groups is 1. The summed E-state index contributed by atoms with van der Waals surface area (Å²) in [7, 11) is -3.57. The number of hydrogen-bond donors (Lipinski definition) is 1. The minimum absolute atomic E-state index is 0.133. The number of nitrogens with one attached hydrogen (secondary N) is 1. The predicted molar refractivity (Wildman–Crippen MR) is 125 cm³/mol. The topological polar surface area (TPSA) is 91.8 Å². The van der Waals surface area contributed by atoms with Gasteiger partial charge in [0.2, 0.25) is 10.0 Å². The quantitative estimate of drug-likeness (QED) is 0.624. The first-order valence-corrected chi connectivity index (χ1v) is 12.2. The maximum atomic E-state index is 13.2. The van der Waals surface area contributed by atoms with Crippen molar-refractivity contribution in [2.24, 2.45) is 0 Å². The summed E-state index contributed by atoms with van der Waals surface area (Å²) in [6, 6.07) is 17.8. The van der Waals surface area contributed by atoms with Crippen molar-refractivity contribution in [1.82, 2.24) is 9.29 Å². The molecule has 2 aliphatic heterocycles. The SMILES string of the molecule is Cc1ccc(N2C(=O)c3cccnc3[C@H]2Nc2ccc(S(=O)(=O)N3CCOCC3)cc2)cc1. The molecule has 0 spiro atoms. The van der Waals surface area contributed by atoms with E-state index in [9.17, 15) is 13.2 Å². The zero-order valence-electron chi connectivity index (χ0n) is 18.1. The molecule has 0 aliphatic carbocycles. The zero-order valence-corrected chi connectivity index (χ0v) is 19.0. The predicted octanol–water partition coefficient (Wildman–Crippen LogP) is 3.18. The molecule has 33 heavy (non-hydrogen) atoms. The lowest BCUT2D eigenvalue weighted by molar-refractivity contribution is 0.0730. The van der Waals surface area contributed by atoms with Crippen molar-refractivity contribution in [2.75, 3.05) is 36.5 Å². The first-order valence-electron chi connectivity index (χ1n) is 10.7. The Balaban J connectivity index is 1.44. The van der Waals surface area contributed by atoms with Gasteiger partial charge in [0.1, 0.15) is 0 Å². The Bertz CT molecular complexity index is 1270. The molecule has 1 amide bonds. The van der Waals surface area contributed by atoms with Crippen LogP contribution in [0.2, 0.25) is 0 Å². The molecule has 1 aromatic heterocycles. The fourth-order valence-corrected chi connectivity index (χ4v) is 5.52. The summed E-state index contributed by atoms with van der Waals surface area (Å²) >= 11 is 0. The van der Waals surface area contributed by atoms with E-state index in [1.54, 1.807) is 47.5 Å². The van der Waals surface area contributed by atoms with Gasteiger partial charge < -0.3 is 10.1 Å². The number of amides is 1. The number of pyridine rings is 1. The standard InChI is InChI=1S/C24H24N4O4S/c1-17-4-8-19(9-5-17)28-23(22-21(24(28)29)3-2-12-25-22)26-18-6-10-20(11-7-18)33(30,31)27-13-15-32-16-14-27/h2-12,23,26H,13-16H2,1H3/t23-/m0/s1. The molecule has 0 saturated carbocycles. The van der Waals surface area contributed by atoms with Crippen LogP contribution in [-0.4, -0.2) is 49.9 Å². The van der Waals surface area contributed by atoms with Crippen LogP contribution in [-0.2, 0) is 14.8 Å². The van der Waals surface area contributed by atoms with Crippen LogP contribution in [0.1, 0.15) is 27.8 Å². The fourth-order valence-electron chi connectivity index (χ4n) is 4.11. The molecule has 170 valence electrons. The highest BCUT2D eigenvalue weighted by Crippen LogP contribution is 2.37. The Kier molecular flexibility index (Phi) is 5.61. The van der Waals surface area contributed by atoms with E-state index in [1.165, 1.54) is 4.31 Å². The van der Waals surface area contributed by atoms with Gasteiger partial charge in [0.15, 0.2) is 6.17 Å². The number of anilines is 2. The number of ether oxygens (including phenoxy) is 1. The average Bonchev–Trinajstić information content (AvgIpc) is 3.12.